The van der Waals surface area contributed by atoms with Gasteiger partial charge in [-0.05, 0) is 30.7 Å². The van der Waals surface area contributed by atoms with Gasteiger partial charge in [0.2, 0.25) is 0 Å². The maximum absolute atomic E-state index is 9.12. The Bertz CT molecular complexity index is 371. The van der Waals surface area contributed by atoms with E-state index in [1.54, 1.807) is 12.1 Å². The van der Waals surface area contributed by atoms with E-state index in [4.69, 9.17) is 15.5 Å². The van der Waals surface area contributed by atoms with Crippen molar-refractivity contribution in [2.75, 3.05) is 18.5 Å². The number of nitrogens with zero attached hydrogens (tertiary/aromatic N) is 1. The maximum atomic E-state index is 9.12. The fourth-order valence-corrected chi connectivity index (χ4v) is 1.20. The first-order chi connectivity index (χ1) is 7.17. The SMILES string of the molecule is Cc1cc(NCC(O)CO)ccc1C#N. The van der Waals surface area contributed by atoms with E-state index < -0.39 is 6.10 Å². The molecule has 0 aliphatic heterocycles. The molecule has 0 saturated carbocycles. The Kier molecular flexibility index (Phi) is 4.10. The second-order valence-electron chi connectivity index (χ2n) is 3.36. The second kappa shape index (κ2) is 5.35. The molecule has 3 N–H and O–H groups in total. The number of hydrogen-bond acceptors (Lipinski definition) is 4. The summed E-state index contributed by atoms with van der Waals surface area (Å²) in [5.41, 5.74) is 2.36. The summed E-state index contributed by atoms with van der Waals surface area (Å²) in [7, 11) is 0. The van der Waals surface area contributed by atoms with Gasteiger partial charge in [0.1, 0.15) is 0 Å². The third kappa shape index (κ3) is 3.24. The van der Waals surface area contributed by atoms with Crippen LogP contribution in [0.4, 0.5) is 5.69 Å². The van der Waals surface area contributed by atoms with Crippen molar-refractivity contribution in [1.82, 2.24) is 0 Å². The first kappa shape index (κ1) is 11.5. The molecule has 1 aromatic rings. The van der Waals surface area contributed by atoms with E-state index in [1.165, 1.54) is 0 Å². The van der Waals surface area contributed by atoms with E-state index in [0.29, 0.717) is 12.1 Å². The Balaban J connectivity index is 2.64. The number of aryl methyl sites for hydroxylation is 1. The van der Waals surface area contributed by atoms with E-state index in [1.807, 2.05) is 13.0 Å². The molecule has 0 radical (unpaired) electrons. The van der Waals surface area contributed by atoms with Crippen LogP contribution in [0.2, 0.25) is 0 Å². The minimum Gasteiger partial charge on any atom is -0.394 e. The summed E-state index contributed by atoms with van der Waals surface area (Å²) in [5.74, 6) is 0. The predicted octanol–water partition coefficient (Wildman–Crippen LogP) is 0.632. The largest absolute Gasteiger partial charge is 0.394 e. The molecule has 15 heavy (non-hydrogen) atoms. The van der Waals surface area contributed by atoms with Crippen LogP contribution < -0.4 is 5.32 Å². The number of hydrogen-bond donors (Lipinski definition) is 3. The summed E-state index contributed by atoms with van der Waals surface area (Å²) in [6.45, 7) is 1.89. The molecule has 0 saturated heterocycles. The smallest absolute Gasteiger partial charge is 0.0994 e. The quantitative estimate of drug-likeness (QED) is 0.675. The lowest BCUT2D eigenvalue weighted by Gasteiger charge is -2.10. The maximum Gasteiger partial charge on any atom is 0.0994 e. The molecule has 80 valence electrons. The Morgan fingerprint density at radius 2 is 2.27 bits per heavy atom. The molecule has 0 aliphatic carbocycles. The van der Waals surface area contributed by atoms with Gasteiger partial charge < -0.3 is 15.5 Å². The molecule has 0 spiro atoms. The zero-order valence-electron chi connectivity index (χ0n) is 8.57. The normalized spacial score (nSPS) is 11.9. The minimum atomic E-state index is -0.763. The summed E-state index contributed by atoms with van der Waals surface area (Å²) < 4.78 is 0. The van der Waals surface area contributed by atoms with Crippen LogP contribution in [0.5, 0.6) is 0 Å². The van der Waals surface area contributed by atoms with Crippen LogP contribution in [0, 0.1) is 18.3 Å². The first-order valence-electron chi connectivity index (χ1n) is 4.71. The zero-order valence-corrected chi connectivity index (χ0v) is 8.57. The Labute approximate surface area is 88.8 Å². The lowest BCUT2D eigenvalue weighted by Crippen LogP contribution is -2.22. The number of nitriles is 1. The van der Waals surface area contributed by atoms with E-state index in [9.17, 15) is 0 Å². The minimum absolute atomic E-state index is 0.262. The Morgan fingerprint density at radius 1 is 1.53 bits per heavy atom. The third-order valence-corrected chi connectivity index (χ3v) is 2.10. The molecule has 4 heteroatoms. The molecular formula is C11H14N2O2. The molecule has 1 atom stereocenters. The molecule has 1 rings (SSSR count). The molecule has 0 aromatic heterocycles. The number of aliphatic hydroxyl groups is 2. The van der Waals surface area contributed by atoms with Crippen LogP contribution in [0.25, 0.3) is 0 Å². The lowest BCUT2D eigenvalue weighted by atomic mass is 10.1. The average molecular weight is 206 g/mol. The van der Waals surface area contributed by atoms with Gasteiger partial charge in [0, 0.05) is 12.2 Å². The Hall–Kier alpha value is -1.57. The summed E-state index contributed by atoms with van der Waals surface area (Å²) in [6, 6.07) is 7.42. The van der Waals surface area contributed by atoms with Crippen LogP contribution in [0.15, 0.2) is 18.2 Å². The van der Waals surface area contributed by atoms with Gasteiger partial charge in [-0.1, -0.05) is 0 Å². The molecule has 4 nitrogen and oxygen atoms in total. The zero-order chi connectivity index (χ0) is 11.3. The van der Waals surface area contributed by atoms with E-state index >= 15 is 0 Å². The van der Waals surface area contributed by atoms with Crippen molar-refractivity contribution in [2.45, 2.75) is 13.0 Å². The van der Waals surface area contributed by atoms with Gasteiger partial charge in [-0.3, -0.25) is 0 Å². The number of rotatable bonds is 4. The molecule has 1 unspecified atom stereocenters. The van der Waals surface area contributed by atoms with Crippen molar-refractivity contribution < 1.29 is 10.2 Å². The highest BCUT2D eigenvalue weighted by Crippen LogP contribution is 2.14. The molecule has 0 fully saturated rings. The second-order valence-corrected chi connectivity index (χ2v) is 3.36. The molecule has 0 bridgehead atoms. The van der Waals surface area contributed by atoms with Gasteiger partial charge >= 0.3 is 0 Å². The highest BCUT2D eigenvalue weighted by atomic mass is 16.3. The first-order valence-corrected chi connectivity index (χ1v) is 4.71. The average Bonchev–Trinajstić information content (AvgIpc) is 2.26. The van der Waals surface area contributed by atoms with Crippen molar-refractivity contribution in [3.63, 3.8) is 0 Å². The highest BCUT2D eigenvalue weighted by molar-refractivity contribution is 5.51. The van der Waals surface area contributed by atoms with E-state index in [0.717, 1.165) is 11.3 Å². The van der Waals surface area contributed by atoms with Crippen LogP contribution in [-0.2, 0) is 0 Å². The van der Waals surface area contributed by atoms with Crippen molar-refractivity contribution in [1.29, 1.82) is 5.26 Å². The van der Waals surface area contributed by atoms with Gasteiger partial charge in [0.15, 0.2) is 0 Å². The number of aliphatic hydroxyl groups excluding tert-OH is 2. The number of benzene rings is 1. The van der Waals surface area contributed by atoms with Crippen LogP contribution in [0.3, 0.4) is 0 Å². The topological polar surface area (TPSA) is 76.3 Å². The summed E-state index contributed by atoms with van der Waals surface area (Å²) >= 11 is 0. The van der Waals surface area contributed by atoms with Gasteiger partial charge in [0.25, 0.3) is 0 Å². The highest BCUT2D eigenvalue weighted by Gasteiger charge is 2.02. The predicted molar refractivity (Wildman–Crippen MR) is 57.5 cm³/mol. The Morgan fingerprint density at radius 3 is 2.80 bits per heavy atom. The van der Waals surface area contributed by atoms with E-state index in [2.05, 4.69) is 11.4 Å². The van der Waals surface area contributed by atoms with Crippen molar-refractivity contribution in [3.8, 4) is 6.07 Å². The molecule has 0 amide bonds. The fraction of sp³-hybridized carbons (Fsp3) is 0.364. The summed E-state index contributed by atoms with van der Waals surface area (Å²) in [4.78, 5) is 0. The van der Waals surface area contributed by atoms with Crippen molar-refractivity contribution in [2.24, 2.45) is 0 Å². The van der Waals surface area contributed by atoms with Gasteiger partial charge in [-0.15, -0.1) is 0 Å². The standard InChI is InChI=1S/C11H14N2O2/c1-8-4-10(3-2-9(8)5-12)13-6-11(15)7-14/h2-4,11,13-15H,6-7H2,1H3. The summed E-state index contributed by atoms with van der Waals surface area (Å²) in [6.07, 6.45) is -0.763. The lowest BCUT2D eigenvalue weighted by molar-refractivity contribution is 0.105. The van der Waals surface area contributed by atoms with Gasteiger partial charge in [-0.25, -0.2) is 0 Å². The molecular weight excluding hydrogens is 192 g/mol. The fourth-order valence-electron chi connectivity index (χ4n) is 1.20. The third-order valence-electron chi connectivity index (χ3n) is 2.10. The van der Waals surface area contributed by atoms with Crippen molar-refractivity contribution in [3.05, 3.63) is 29.3 Å². The van der Waals surface area contributed by atoms with E-state index in [-0.39, 0.29) is 6.61 Å². The van der Waals surface area contributed by atoms with Crippen molar-refractivity contribution >= 4 is 5.69 Å². The monoisotopic (exact) mass is 206 g/mol. The molecule has 0 heterocycles. The van der Waals surface area contributed by atoms with Crippen LogP contribution >= 0.6 is 0 Å². The number of anilines is 1. The van der Waals surface area contributed by atoms with Crippen LogP contribution in [0.1, 0.15) is 11.1 Å². The molecule has 0 aliphatic rings. The molecule has 1 aromatic carbocycles. The van der Waals surface area contributed by atoms with Gasteiger partial charge in [-0.2, -0.15) is 5.26 Å². The number of nitrogens with one attached hydrogen (secondary N) is 1. The summed E-state index contributed by atoms with van der Waals surface area (Å²) in [5, 5.41) is 29.4. The van der Waals surface area contributed by atoms with Crippen LogP contribution in [-0.4, -0.2) is 29.5 Å². The van der Waals surface area contributed by atoms with Gasteiger partial charge in [0.05, 0.1) is 24.3 Å².